The van der Waals surface area contributed by atoms with E-state index in [0.29, 0.717) is 0 Å². The van der Waals surface area contributed by atoms with Crippen molar-refractivity contribution in [3.05, 3.63) is 23.5 Å². The molecule has 0 aliphatic carbocycles. The van der Waals surface area contributed by atoms with Crippen LogP contribution in [0.4, 0.5) is 10.1 Å². The quantitative estimate of drug-likeness (QED) is 0.639. The van der Waals surface area contributed by atoms with Crippen LogP contribution >= 0.6 is 0 Å². The second-order valence-electron chi connectivity index (χ2n) is 2.16. The number of methoxy groups -OCH3 is 1. The summed E-state index contributed by atoms with van der Waals surface area (Å²) in [6.07, 6.45) is 0. The van der Waals surface area contributed by atoms with Crippen molar-refractivity contribution in [2.24, 2.45) is 0 Å². The molecule has 1 rings (SSSR count). The zero-order chi connectivity index (χ0) is 9.14. The van der Waals surface area contributed by atoms with Crippen LogP contribution in [0.25, 0.3) is 0 Å². The molecule has 0 atom stereocenters. The van der Waals surface area contributed by atoms with E-state index in [9.17, 15) is 4.39 Å². The van der Waals surface area contributed by atoms with Crippen molar-refractivity contribution in [1.82, 2.24) is 0 Å². The summed E-state index contributed by atoms with van der Waals surface area (Å²) in [6, 6.07) is 4.54. The van der Waals surface area contributed by atoms with Crippen molar-refractivity contribution < 1.29 is 9.13 Å². The molecule has 0 fully saturated rings. The number of hydrogen-bond donors (Lipinski definition) is 1. The summed E-state index contributed by atoms with van der Waals surface area (Å²) in [6.45, 7) is 0. The molecule has 0 saturated heterocycles. The standard InChI is InChI=1S/C8H7FN2O/c1-12-8-5(4-10)2-3-6(11)7(8)9/h2-3H,11H2,1H3. The van der Waals surface area contributed by atoms with Crippen LogP contribution in [-0.2, 0) is 0 Å². The maximum Gasteiger partial charge on any atom is 0.189 e. The smallest absolute Gasteiger partial charge is 0.189 e. The summed E-state index contributed by atoms with van der Waals surface area (Å²) in [7, 11) is 1.29. The number of anilines is 1. The van der Waals surface area contributed by atoms with E-state index in [2.05, 4.69) is 4.74 Å². The average Bonchev–Trinajstić information content (AvgIpc) is 2.09. The van der Waals surface area contributed by atoms with Crippen molar-refractivity contribution in [1.29, 1.82) is 5.26 Å². The third kappa shape index (κ3) is 1.17. The zero-order valence-electron chi connectivity index (χ0n) is 6.47. The molecule has 0 saturated carbocycles. The number of benzene rings is 1. The first-order valence-corrected chi connectivity index (χ1v) is 3.22. The van der Waals surface area contributed by atoms with Gasteiger partial charge in [-0.05, 0) is 12.1 Å². The molecular weight excluding hydrogens is 159 g/mol. The summed E-state index contributed by atoms with van der Waals surface area (Å²) in [4.78, 5) is 0. The fourth-order valence-corrected chi connectivity index (χ4v) is 0.859. The van der Waals surface area contributed by atoms with Crippen molar-refractivity contribution >= 4 is 5.69 Å². The Morgan fingerprint density at radius 2 is 2.25 bits per heavy atom. The van der Waals surface area contributed by atoms with Crippen LogP contribution in [0, 0.1) is 17.1 Å². The lowest BCUT2D eigenvalue weighted by Crippen LogP contribution is -1.97. The number of halogens is 1. The van der Waals surface area contributed by atoms with Crippen molar-refractivity contribution in [3.63, 3.8) is 0 Å². The Labute approximate surface area is 69.2 Å². The predicted octanol–water partition coefficient (Wildman–Crippen LogP) is 1.29. The lowest BCUT2D eigenvalue weighted by Gasteiger charge is -2.04. The summed E-state index contributed by atoms with van der Waals surface area (Å²) >= 11 is 0. The molecule has 0 radical (unpaired) electrons. The van der Waals surface area contributed by atoms with Crippen molar-refractivity contribution in [3.8, 4) is 11.8 Å². The minimum atomic E-state index is -0.684. The van der Waals surface area contributed by atoms with Gasteiger partial charge in [-0.1, -0.05) is 0 Å². The molecular formula is C8H7FN2O. The van der Waals surface area contributed by atoms with Gasteiger partial charge in [0.05, 0.1) is 18.4 Å². The van der Waals surface area contributed by atoms with E-state index in [1.807, 2.05) is 0 Å². The Balaban J connectivity index is 3.38. The van der Waals surface area contributed by atoms with Crippen LogP contribution < -0.4 is 10.5 Å². The van der Waals surface area contributed by atoms with Gasteiger partial charge in [0.15, 0.2) is 11.6 Å². The molecule has 2 N–H and O–H groups in total. The summed E-state index contributed by atoms with van der Waals surface area (Å²) in [5.41, 5.74) is 5.38. The van der Waals surface area contributed by atoms with Gasteiger partial charge in [-0.25, -0.2) is 4.39 Å². The van der Waals surface area contributed by atoms with E-state index >= 15 is 0 Å². The molecule has 0 unspecified atom stereocenters. The zero-order valence-corrected chi connectivity index (χ0v) is 6.47. The minimum absolute atomic E-state index is 0.0224. The van der Waals surface area contributed by atoms with Crippen LogP contribution in [0.15, 0.2) is 12.1 Å². The Morgan fingerprint density at radius 1 is 1.58 bits per heavy atom. The monoisotopic (exact) mass is 166 g/mol. The lowest BCUT2D eigenvalue weighted by atomic mass is 10.2. The third-order valence-electron chi connectivity index (χ3n) is 1.45. The van der Waals surface area contributed by atoms with E-state index in [0.717, 1.165) is 0 Å². The Morgan fingerprint density at radius 3 is 2.75 bits per heavy atom. The molecule has 4 heteroatoms. The van der Waals surface area contributed by atoms with Gasteiger partial charge in [0.1, 0.15) is 6.07 Å². The number of nitriles is 1. The fraction of sp³-hybridized carbons (Fsp3) is 0.125. The van der Waals surface area contributed by atoms with E-state index in [-0.39, 0.29) is 17.0 Å². The highest BCUT2D eigenvalue weighted by Crippen LogP contribution is 2.25. The van der Waals surface area contributed by atoms with Crippen molar-refractivity contribution in [2.75, 3.05) is 12.8 Å². The van der Waals surface area contributed by atoms with Gasteiger partial charge in [0.25, 0.3) is 0 Å². The Bertz CT molecular complexity index is 344. The highest BCUT2D eigenvalue weighted by atomic mass is 19.1. The fourth-order valence-electron chi connectivity index (χ4n) is 0.859. The topological polar surface area (TPSA) is 59.0 Å². The van der Waals surface area contributed by atoms with Gasteiger partial charge < -0.3 is 10.5 Å². The Hall–Kier alpha value is -1.76. The van der Waals surface area contributed by atoms with Gasteiger partial charge in [-0.2, -0.15) is 5.26 Å². The molecule has 1 aromatic carbocycles. The molecule has 0 heterocycles. The number of nitrogens with zero attached hydrogens (tertiary/aromatic N) is 1. The maximum atomic E-state index is 13.0. The largest absolute Gasteiger partial charge is 0.492 e. The highest BCUT2D eigenvalue weighted by Gasteiger charge is 2.11. The SMILES string of the molecule is COc1c(C#N)ccc(N)c1F. The third-order valence-corrected chi connectivity index (χ3v) is 1.45. The van der Waals surface area contributed by atoms with Crippen LogP contribution in [0.2, 0.25) is 0 Å². The van der Waals surface area contributed by atoms with Gasteiger partial charge in [0, 0.05) is 0 Å². The summed E-state index contributed by atoms with van der Waals surface area (Å²) in [5, 5.41) is 8.53. The number of rotatable bonds is 1. The van der Waals surface area contributed by atoms with Crippen LogP contribution in [0.5, 0.6) is 5.75 Å². The second-order valence-corrected chi connectivity index (χ2v) is 2.16. The van der Waals surface area contributed by atoms with Gasteiger partial charge >= 0.3 is 0 Å². The normalized spacial score (nSPS) is 9.08. The van der Waals surface area contributed by atoms with Gasteiger partial charge in [-0.15, -0.1) is 0 Å². The summed E-state index contributed by atoms with van der Waals surface area (Å²) in [5.74, 6) is -0.783. The lowest BCUT2D eigenvalue weighted by molar-refractivity contribution is 0.386. The first kappa shape index (κ1) is 8.34. The number of hydrogen-bond acceptors (Lipinski definition) is 3. The molecule has 0 aliphatic heterocycles. The molecule has 0 bridgehead atoms. The summed E-state index contributed by atoms with van der Waals surface area (Å²) < 4.78 is 17.7. The molecule has 0 spiro atoms. The molecule has 0 amide bonds. The first-order valence-electron chi connectivity index (χ1n) is 3.22. The van der Waals surface area contributed by atoms with E-state index in [1.54, 1.807) is 6.07 Å². The molecule has 0 aliphatic rings. The number of ether oxygens (including phenoxy) is 1. The molecule has 0 aromatic heterocycles. The van der Waals surface area contributed by atoms with Crippen LogP contribution in [-0.4, -0.2) is 7.11 Å². The van der Waals surface area contributed by atoms with Crippen molar-refractivity contribution in [2.45, 2.75) is 0 Å². The molecule has 3 nitrogen and oxygen atoms in total. The van der Waals surface area contributed by atoms with Gasteiger partial charge in [-0.3, -0.25) is 0 Å². The van der Waals surface area contributed by atoms with E-state index in [4.69, 9.17) is 11.0 Å². The molecule has 1 aromatic rings. The molecule has 12 heavy (non-hydrogen) atoms. The van der Waals surface area contributed by atoms with Crippen LogP contribution in [0.3, 0.4) is 0 Å². The number of nitrogens with two attached hydrogens (primary N) is 1. The number of nitrogen functional groups attached to an aromatic ring is 1. The molecule has 62 valence electrons. The maximum absolute atomic E-state index is 13.0. The Kier molecular flexibility index (Phi) is 2.15. The minimum Gasteiger partial charge on any atom is -0.492 e. The second kappa shape index (κ2) is 3.09. The highest BCUT2D eigenvalue weighted by molar-refractivity contribution is 5.54. The van der Waals surface area contributed by atoms with Crippen LogP contribution in [0.1, 0.15) is 5.56 Å². The average molecular weight is 166 g/mol. The first-order chi connectivity index (χ1) is 5.70. The van der Waals surface area contributed by atoms with E-state index in [1.165, 1.54) is 19.2 Å². The van der Waals surface area contributed by atoms with E-state index < -0.39 is 5.82 Å². The predicted molar refractivity (Wildman–Crippen MR) is 42.1 cm³/mol. The van der Waals surface area contributed by atoms with Gasteiger partial charge in [0.2, 0.25) is 0 Å².